The standard InChI is InChI=1S/C21H28N2O3/c1-26-19-9-7-17(8-10-19)14-22-21(25)18-13-20(24)23(15-18)12-11-16-5-3-2-4-6-16/h5,7-10,18H,2-4,6,11-15H2,1H3,(H,22,25). The highest BCUT2D eigenvalue weighted by molar-refractivity contribution is 5.89. The van der Waals surface area contributed by atoms with Crippen LogP contribution in [0.1, 0.15) is 44.1 Å². The molecule has 1 aliphatic heterocycles. The van der Waals surface area contributed by atoms with Crippen LogP contribution in [-0.2, 0) is 16.1 Å². The molecule has 1 heterocycles. The summed E-state index contributed by atoms with van der Waals surface area (Å²) in [6.07, 6.45) is 8.47. The van der Waals surface area contributed by atoms with Gasteiger partial charge in [-0.3, -0.25) is 9.59 Å². The number of carbonyl (C=O) groups is 2. The van der Waals surface area contributed by atoms with E-state index >= 15 is 0 Å². The highest BCUT2D eigenvalue weighted by Gasteiger charge is 2.33. The van der Waals surface area contributed by atoms with Gasteiger partial charge in [-0.05, 0) is 49.8 Å². The SMILES string of the molecule is COc1ccc(CNC(=O)C2CC(=O)N(CCC3=CCCCC3)C2)cc1. The summed E-state index contributed by atoms with van der Waals surface area (Å²) in [5, 5.41) is 2.95. The van der Waals surface area contributed by atoms with Gasteiger partial charge >= 0.3 is 0 Å². The van der Waals surface area contributed by atoms with Gasteiger partial charge in [0, 0.05) is 26.1 Å². The molecule has 5 nitrogen and oxygen atoms in total. The zero-order chi connectivity index (χ0) is 18.4. The molecule has 26 heavy (non-hydrogen) atoms. The first kappa shape index (κ1) is 18.5. The van der Waals surface area contributed by atoms with Crippen molar-refractivity contribution in [1.82, 2.24) is 10.2 Å². The molecule has 0 bridgehead atoms. The van der Waals surface area contributed by atoms with Crippen LogP contribution in [-0.4, -0.2) is 36.9 Å². The Bertz CT molecular complexity index is 666. The lowest BCUT2D eigenvalue weighted by Crippen LogP contribution is -2.33. The third-order valence-electron chi connectivity index (χ3n) is 5.30. The minimum absolute atomic E-state index is 0.0337. The minimum atomic E-state index is -0.235. The number of nitrogens with zero attached hydrogens (tertiary/aromatic N) is 1. The molecule has 3 rings (SSSR count). The molecule has 0 spiro atoms. The van der Waals surface area contributed by atoms with Crippen molar-refractivity contribution < 1.29 is 14.3 Å². The maximum Gasteiger partial charge on any atom is 0.225 e. The summed E-state index contributed by atoms with van der Waals surface area (Å²) in [5.74, 6) is 0.630. The van der Waals surface area contributed by atoms with Gasteiger partial charge in [-0.15, -0.1) is 0 Å². The number of allylic oxidation sites excluding steroid dienone is 1. The molecule has 0 saturated carbocycles. The van der Waals surface area contributed by atoms with E-state index in [4.69, 9.17) is 4.74 Å². The lowest BCUT2D eigenvalue weighted by Gasteiger charge is -2.19. The molecule has 140 valence electrons. The number of methoxy groups -OCH3 is 1. The molecular formula is C21H28N2O3. The van der Waals surface area contributed by atoms with Gasteiger partial charge in [-0.1, -0.05) is 23.8 Å². The van der Waals surface area contributed by atoms with Crippen LogP contribution in [0, 0.1) is 5.92 Å². The summed E-state index contributed by atoms with van der Waals surface area (Å²) in [6.45, 7) is 1.76. The Labute approximate surface area is 155 Å². The lowest BCUT2D eigenvalue weighted by molar-refractivity contribution is -0.129. The maximum absolute atomic E-state index is 12.4. The van der Waals surface area contributed by atoms with E-state index in [1.807, 2.05) is 29.2 Å². The van der Waals surface area contributed by atoms with Crippen molar-refractivity contribution in [2.24, 2.45) is 5.92 Å². The van der Waals surface area contributed by atoms with Crippen LogP contribution in [0.2, 0.25) is 0 Å². The van der Waals surface area contributed by atoms with Crippen LogP contribution in [0.15, 0.2) is 35.9 Å². The molecule has 1 unspecified atom stereocenters. The molecule has 1 N–H and O–H groups in total. The van der Waals surface area contributed by atoms with Gasteiger partial charge in [0.05, 0.1) is 13.0 Å². The van der Waals surface area contributed by atoms with Crippen LogP contribution >= 0.6 is 0 Å². The van der Waals surface area contributed by atoms with Crippen molar-refractivity contribution >= 4 is 11.8 Å². The Morgan fingerprint density at radius 1 is 1.27 bits per heavy atom. The number of carbonyl (C=O) groups excluding carboxylic acids is 2. The zero-order valence-electron chi connectivity index (χ0n) is 15.5. The molecule has 0 aromatic heterocycles. The van der Waals surface area contributed by atoms with Gasteiger partial charge in [-0.25, -0.2) is 0 Å². The normalized spacial score (nSPS) is 20.0. The fourth-order valence-corrected chi connectivity index (χ4v) is 3.65. The Morgan fingerprint density at radius 3 is 2.77 bits per heavy atom. The third-order valence-corrected chi connectivity index (χ3v) is 5.30. The Kier molecular flexibility index (Phi) is 6.31. The second kappa shape index (κ2) is 8.88. The minimum Gasteiger partial charge on any atom is -0.497 e. The highest BCUT2D eigenvalue weighted by atomic mass is 16.5. The predicted molar refractivity (Wildman–Crippen MR) is 101 cm³/mol. The molecule has 1 aromatic carbocycles. The van der Waals surface area contributed by atoms with E-state index in [1.54, 1.807) is 7.11 Å². The third kappa shape index (κ3) is 4.87. The second-order valence-electron chi connectivity index (χ2n) is 7.16. The van der Waals surface area contributed by atoms with Crippen LogP contribution in [0.5, 0.6) is 5.75 Å². The average molecular weight is 356 g/mol. The average Bonchev–Trinajstić information content (AvgIpc) is 3.06. The molecule has 1 aliphatic carbocycles. The van der Waals surface area contributed by atoms with Crippen molar-refractivity contribution in [3.05, 3.63) is 41.5 Å². The van der Waals surface area contributed by atoms with Crippen LogP contribution in [0.25, 0.3) is 0 Å². The van der Waals surface area contributed by atoms with Gasteiger partial charge in [0.25, 0.3) is 0 Å². The lowest BCUT2D eigenvalue weighted by atomic mass is 9.97. The Hall–Kier alpha value is -2.30. The first-order valence-electron chi connectivity index (χ1n) is 9.52. The van der Waals surface area contributed by atoms with Gasteiger partial charge in [-0.2, -0.15) is 0 Å². The van der Waals surface area contributed by atoms with Gasteiger partial charge in [0.1, 0.15) is 5.75 Å². The van der Waals surface area contributed by atoms with E-state index < -0.39 is 0 Å². The van der Waals surface area contributed by atoms with Crippen molar-refractivity contribution in [3.8, 4) is 5.75 Å². The number of likely N-dealkylation sites (tertiary alicyclic amines) is 1. The topological polar surface area (TPSA) is 58.6 Å². The first-order valence-corrected chi connectivity index (χ1v) is 9.52. The number of hydrogen-bond acceptors (Lipinski definition) is 3. The summed E-state index contributed by atoms with van der Waals surface area (Å²) in [5.41, 5.74) is 2.49. The van der Waals surface area contributed by atoms with E-state index in [2.05, 4.69) is 11.4 Å². The first-order chi connectivity index (χ1) is 12.7. The smallest absolute Gasteiger partial charge is 0.225 e. The van der Waals surface area contributed by atoms with E-state index in [9.17, 15) is 9.59 Å². The van der Waals surface area contributed by atoms with Crippen LogP contribution < -0.4 is 10.1 Å². The van der Waals surface area contributed by atoms with Crippen molar-refractivity contribution in [2.75, 3.05) is 20.2 Å². The quantitative estimate of drug-likeness (QED) is 0.764. The number of hydrogen-bond donors (Lipinski definition) is 1. The number of rotatable bonds is 7. The Morgan fingerprint density at radius 2 is 2.08 bits per heavy atom. The van der Waals surface area contributed by atoms with Crippen molar-refractivity contribution in [3.63, 3.8) is 0 Å². The number of amides is 2. The number of ether oxygens (including phenoxy) is 1. The van der Waals surface area contributed by atoms with Gasteiger partial charge in [0.2, 0.25) is 11.8 Å². The van der Waals surface area contributed by atoms with E-state index in [1.165, 1.54) is 24.8 Å². The number of nitrogens with one attached hydrogen (secondary N) is 1. The molecule has 2 aliphatic rings. The molecule has 1 aromatic rings. The van der Waals surface area contributed by atoms with Crippen molar-refractivity contribution in [2.45, 2.75) is 45.1 Å². The molecule has 2 amide bonds. The summed E-state index contributed by atoms with van der Waals surface area (Å²) < 4.78 is 5.13. The molecule has 1 atom stereocenters. The van der Waals surface area contributed by atoms with E-state index in [0.29, 0.717) is 19.5 Å². The predicted octanol–water partition coefficient (Wildman–Crippen LogP) is 3.05. The van der Waals surface area contributed by atoms with E-state index in [0.717, 1.165) is 30.7 Å². The fourth-order valence-electron chi connectivity index (χ4n) is 3.65. The number of benzene rings is 1. The second-order valence-corrected chi connectivity index (χ2v) is 7.16. The molecule has 5 heteroatoms. The summed E-state index contributed by atoms with van der Waals surface area (Å²) in [6, 6.07) is 7.62. The monoisotopic (exact) mass is 356 g/mol. The van der Waals surface area contributed by atoms with Gasteiger partial charge in [0.15, 0.2) is 0 Å². The van der Waals surface area contributed by atoms with Crippen LogP contribution in [0.4, 0.5) is 0 Å². The van der Waals surface area contributed by atoms with Gasteiger partial charge < -0.3 is 15.0 Å². The molecule has 0 radical (unpaired) electrons. The maximum atomic E-state index is 12.4. The van der Waals surface area contributed by atoms with Crippen molar-refractivity contribution in [1.29, 1.82) is 0 Å². The summed E-state index contributed by atoms with van der Waals surface area (Å²) in [7, 11) is 1.63. The largest absolute Gasteiger partial charge is 0.497 e. The van der Waals surface area contributed by atoms with E-state index in [-0.39, 0.29) is 17.7 Å². The summed E-state index contributed by atoms with van der Waals surface area (Å²) >= 11 is 0. The van der Waals surface area contributed by atoms with Crippen LogP contribution in [0.3, 0.4) is 0 Å². The molecule has 1 fully saturated rings. The molecular weight excluding hydrogens is 328 g/mol. The zero-order valence-corrected chi connectivity index (χ0v) is 15.5. The Balaban J connectivity index is 1.44. The fraction of sp³-hybridized carbons (Fsp3) is 0.524. The highest BCUT2D eigenvalue weighted by Crippen LogP contribution is 2.23. The summed E-state index contributed by atoms with van der Waals surface area (Å²) in [4.78, 5) is 26.5. The molecule has 1 saturated heterocycles.